The zero-order valence-corrected chi connectivity index (χ0v) is 18.9. The van der Waals surface area contributed by atoms with Crippen LogP contribution in [-0.2, 0) is 6.42 Å². The summed E-state index contributed by atoms with van der Waals surface area (Å²) in [6.45, 7) is 3.03. The summed E-state index contributed by atoms with van der Waals surface area (Å²) in [4.78, 5) is 6.39. The average molecular weight is 434 g/mol. The first-order valence-corrected chi connectivity index (χ1v) is 11.2. The molecule has 1 saturated heterocycles. The number of hydrogen-bond acceptors (Lipinski definition) is 4. The van der Waals surface area contributed by atoms with Gasteiger partial charge >= 0.3 is 0 Å². The molecule has 2 heterocycles. The number of nitrogens with zero attached hydrogens (tertiary/aromatic N) is 3. The van der Waals surface area contributed by atoms with Crippen molar-refractivity contribution in [3.8, 4) is 11.4 Å². The van der Waals surface area contributed by atoms with Gasteiger partial charge in [0.15, 0.2) is 5.96 Å². The van der Waals surface area contributed by atoms with Crippen LogP contribution in [0.3, 0.4) is 0 Å². The highest BCUT2D eigenvalue weighted by molar-refractivity contribution is 5.85. The van der Waals surface area contributed by atoms with E-state index in [1.165, 1.54) is 56.9 Å². The number of guanidine groups is 1. The van der Waals surface area contributed by atoms with Gasteiger partial charge in [-0.15, -0.1) is 12.4 Å². The van der Waals surface area contributed by atoms with Gasteiger partial charge in [0.05, 0.1) is 0 Å². The molecular weight excluding hydrogens is 398 g/mol. The van der Waals surface area contributed by atoms with Crippen molar-refractivity contribution in [2.45, 2.75) is 83.6 Å². The monoisotopic (exact) mass is 433 g/mol. The van der Waals surface area contributed by atoms with Gasteiger partial charge in [-0.1, -0.05) is 81.3 Å². The number of hydrogen-bond donors (Lipinski definition) is 2. The highest BCUT2D eigenvalue weighted by atomic mass is 35.5. The fourth-order valence-electron chi connectivity index (χ4n) is 4.08. The van der Waals surface area contributed by atoms with Crippen LogP contribution in [0.25, 0.3) is 11.4 Å². The normalized spacial score (nSPS) is 15.9. The van der Waals surface area contributed by atoms with E-state index in [0.29, 0.717) is 11.7 Å². The minimum atomic E-state index is -0.0741. The number of aromatic nitrogens is 2. The summed E-state index contributed by atoms with van der Waals surface area (Å²) in [5.74, 6) is 1.22. The molecule has 1 aromatic heterocycles. The molecule has 0 amide bonds. The van der Waals surface area contributed by atoms with Crippen LogP contribution in [0.2, 0.25) is 0 Å². The average Bonchev–Trinajstić information content (AvgIpc) is 3.40. The summed E-state index contributed by atoms with van der Waals surface area (Å²) in [5, 5.41) is 11.8. The molecule has 6 nitrogen and oxygen atoms in total. The lowest BCUT2D eigenvalue weighted by molar-refractivity contribution is 0.283. The molecule has 0 bridgehead atoms. The largest absolute Gasteiger partial charge is 0.370 e. The van der Waals surface area contributed by atoms with Crippen LogP contribution in [0.5, 0.6) is 0 Å². The molecule has 0 saturated carbocycles. The van der Waals surface area contributed by atoms with Crippen LogP contribution >= 0.6 is 12.4 Å². The molecular formula is C23H36ClN5O. The first-order valence-electron chi connectivity index (χ1n) is 11.2. The van der Waals surface area contributed by atoms with Crippen LogP contribution in [0, 0.1) is 5.41 Å². The fraction of sp³-hybridized carbons (Fsp3) is 0.609. The molecule has 7 heteroatoms. The maximum atomic E-state index is 7.70. The van der Waals surface area contributed by atoms with Crippen LogP contribution in [0.4, 0.5) is 0 Å². The second-order valence-corrected chi connectivity index (χ2v) is 8.11. The summed E-state index contributed by atoms with van der Waals surface area (Å²) >= 11 is 0. The number of unbranched alkanes of at least 4 members (excludes halogenated alkanes) is 7. The Balaban J connectivity index is 0.00000320. The minimum absolute atomic E-state index is 0. The Morgan fingerprint density at radius 3 is 2.43 bits per heavy atom. The molecule has 3 rings (SSSR count). The quantitative estimate of drug-likeness (QED) is 0.262. The van der Waals surface area contributed by atoms with E-state index in [1.54, 1.807) is 0 Å². The van der Waals surface area contributed by atoms with Crippen LogP contribution in [-0.4, -0.2) is 27.5 Å². The number of nitrogens with two attached hydrogens (primary N) is 1. The minimum Gasteiger partial charge on any atom is -0.370 e. The smallest absolute Gasteiger partial charge is 0.249 e. The lowest BCUT2D eigenvalue weighted by atomic mass is 10.0. The molecule has 0 aliphatic carbocycles. The lowest BCUT2D eigenvalue weighted by Gasteiger charge is -2.21. The summed E-state index contributed by atoms with van der Waals surface area (Å²) in [5.41, 5.74) is 7.99. The highest BCUT2D eigenvalue weighted by Crippen LogP contribution is 2.31. The molecule has 0 spiro atoms. The number of benzene rings is 1. The van der Waals surface area contributed by atoms with E-state index in [-0.39, 0.29) is 24.4 Å². The number of rotatable bonds is 11. The zero-order chi connectivity index (χ0) is 20.5. The SMILES string of the molecule is CCCCCCCCCCc1ccc(-c2noc(C3CCCN3C(=N)N)n2)cc1.Cl. The predicted molar refractivity (Wildman–Crippen MR) is 124 cm³/mol. The van der Waals surface area contributed by atoms with Gasteiger partial charge in [0.25, 0.3) is 0 Å². The molecule has 1 aromatic carbocycles. The van der Waals surface area contributed by atoms with E-state index >= 15 is 0 Å². The van der Waals surface area contributed by atoms with Crippen molar-refractivity contribution in [2.24, 2.45) is 5.73 Å². The van der Waals surface area contributed by atoms with Gasteiger partial charge < -0.3 is 15.2 Å². The third-order valence-electron chi connectivity index (χ3n) is 5.82. The van der Waals surface area contributed by atoms with Crippen LogP contribution < -0.4 is 5.73 Å². The van der Waals surface area contributed by atoms with E-state index < -0.39 is 0 Å². The van der Waals surface area contributed by atoms with Gasteiger partial charge in [0, 0.05) is 12.1 Å². The van der Waals surface area contributed by atoms with Crippen molar-refractivity contribution < 1.29 is 4.52 Å². The fourth-order valence-corrected chi connectivity index (χ4v) is 4.08. The van der Waals surface area contributed by atoms with Crippen LogP contribution in [0.1, 0.15) is 88.6 Å². The zero-order valence-electron chi connectivity index (χ0n) is 18.1. The summed E-state index contributed by atoms with van der Waals surface area (Å²) in [6, 6.07) is 8.42. The first-order chi connectivity index (χ1) is 14.2. The van der Waals surface area contributed by atoms with E-state index in [1.807, 2.05) is 4.90 Å². The Bertz CT molecular complexity index is 761. The van der Waals surface area contributed by atoms with Crippen molar-refractivity contribution in [2.75, 3.05) is 6.54 Å². The molecule has 3 N–H and O–H groups in total. The number of likely N-dealkylation sites (tertiary alicyclic amines) is 1. The predicted octanol–water partition coefficient (Wildman–Crippen LogP) is 5.87. The van der Waals surface area contributed by atoms with Gasteiger partial charge in [0.1, 0.15) is 6.04 Å². The second kappa shape index (κ2) is 12.6. The van der Waals surface area contributed by atoms with E-state index in [9.17, 15) is 0 Å². The van der Waals surface area contributed by atoms with Crippen molar-refractivity contribution in [1.29, 1.82) is 5.41 Å². The maximum absolute atomic E-state index is 7.70. The molecule has 30 heavy (non-hydrogen) atoms. The summed E-state index contributed by atoms with van der Waals surface area (Å²) in [7, 11) is 0. The molecule has 2 aromatic rings. The number of aryl methyl sites for hydroxylation is 1. The molecule has 1 unspecified atom stereocenters. The van der Waals surface area contributed by atoms with Crippen molar-refractivity contribution in [1.82, 2.24) is 15.0 Å². The van der Waals surface area contributed by atoms with E-state index in [4.69, 9.17) is 15.7 Å². The molecule has 1 aliphatic heterocycles. The van der Waals surface area contributed by atoms with Gasteiger partial charge in [-0.3, -0.25) is 5.41 Å². The first kappa shape index (κ1) is 24.2. The molecule has 0 radical (unpaired) electrons. The Labute approximate surface area is 186 Å². The lowest BCUT2D eigenvalue weighted by Crippen LogP contribution is -2.35. The Kier molecular flexibility index (Phi) is 10.1. The van der Waals surface area contributed by atoms with Gasteiger partial charge in [-0.2, -0.15) is 4.98 Å². The molecule has 1 fully saturated rings. The standard InChI is InChI=1S/C23H35N5O.ClH/c1-2-3-4-5-6-7-8-9-11-18-13-15-19(16-14-18)21-26-22(29-27-21)20-12-10-17-28(20)23(24)25;/h13-16,20H,2-12,17H2,1H3,(H3,24,25);1H. The number of halogens is 1. The Hall–Kier alpha value is -2.08. The van der Waals surface area contributed by atoms with Gasteiger partial charge in [-0.25, -0.2) is 0 Å². The maximum Gasteiger partial charge on any atom is 0.249 e. The van der Waals surface area contributed by atoms with Crippen molar-refractivity contribution >= 4 is 18.4 Å². The van der Waals surface area contributed by atoms with E-state index in [2.05, 4.69) is 41.3 Å². The van der Waals surface area contributed by atoms with Crippen molar-refractivity contribution in [3.63, 3.8) is 0 Å². The van der Waals surface area contributed by atoms with Gasteiger partial charge in [0.2, 0.25) is 11.7 Å². The topological polar surface area (TPSA) is 92.0 Å². The Morgan fingerprint density at radius 2 is 1.77 bits per heavy atom. The third kappa shape index (κ3) is 6.73. The third-order valence-corrected chi connectivity index (χ3v) is 5.82. The highest BCUT2D eigenvalue weighted by Gasteiger charge is 2.31. The van der Waals surface area contributed by atoms with Crippen LogP contribution in [0.15, 0.2) is 28.8 Å². The molecule has 1 atom stereocenters. The van der Waals surface area contributed by atoms with Crippen molar-refractivity contribution in [3.05, 3.63) is 35.7 Å². The molecule has 166 valence electrons. The van der Waals surface area contributed by atoms with Gasteiger partial charge in [-0.05, 0) is 31.2 Å². The van der Waals surface area contributed by atoms with E-state index in [0.717, 1.165) is 31.4 Å². The Morgan fingerprint density at radius 1 is 1.10 bits per heavy atom. The second-order valence-electron chi connectivity index (χ2n) is 8.11. The number of nitrogens with one attached hydrogen (secondary N) is 1. The molecule has 1 aliphatic rings. The summed E-state index contributed by atoms with van der Waals surface area (Å²) < 4.78 is 5.49. The summed E-state index contributed by atoms with van der Waals surface area (Å²) in [6.07, 6.45) is 13.8.